The van der Waals surface area contributed by atoms with Crippen LogP contribution in [-0.4, -0.2) is 79.8 Å². The maximum absolute atomic E-state index is 12.1. The minimum Gasteiger partial charge on any atom is -0.383 e. The molecule has 0 radical (unpaired) electrons. The van der Waals surface area contributed by atoms with Gasteiger partial charge in [-0.15, -0.1) is 0 Å². The van der Waals surface area contributed by atoms with Crippen LogP contribution in [0, 0.1) is 0 Å². The largest absolute Gasteiger partial charge is 0.383 e. The lowest BCUT2D eigenvalue weighted by Gasteiger charge is -2.44. The van der Waals surface area contributed by atoms with Crippen molar-refractivity contribution in [3.63, 3.8) is 0 Å². The van der Waals surface area contributed by atoms with E-state index in [0.717, 1.165) is 26.2 Å². The van der Waals surface area contributed by atoms with E-state index < -0.39 is 0 Å². The van der Waals surface area contributed by atoms with Crippen molar-refractivity contribution in [3.8, 4) is 0 Å². The first kappa shape index (κ1) is 15.2. The van der Waals surface area contributed by atoms with Gasteiger partial charge >= 0.3 is 6.03 Å². The second-order valence-electron chi connectivity index (χ2n) is 5.18. The molecule has 1 rings (SSSR count). The summed E-state index contributed by atoms with van der Waals surface area (Å²) in [6, 6.07) is 0.922. The molecule has 5 nitrogen and oxygen atoms in total. The number of urea groups is 1. The summed E-state index contributed by atoms with van der Waals surface area (Å²) in [5, 5.41) is 0. The third-order valence-electron chi connectivity index (χ3n) is 3.62. The Morgan fingerprint density at radius 1 is 1.44 bits per heavy atom. The number of hydrogen-bond donors (Lipinski definition) is 0. The van der Waals surface area contributed by atoms with Gasteiger partial charge in [0.05, 0.1) is 12.6 Å². The van der Waals surface area contributed by atoms with E-state index in [1.165, 1.54) is 0 Å². The predicted octanol–water partition coefficient (Wildman–Crippen LogP) is 1.10. The van der Waals surface area contributed by atoms with Crippen LogP contribution in [0.2, 0.25) is 0 Å². The maximum Gasteiger partial charge on any atom is 0.319 e. The summed E-state index contributed by atoms with van der Waals surface area (Å²) < 4.78 is 5.28. The monoisotopic (exact) mass is 257 g/mol. The molecular weight excluding hydrogens is 230 g/mol. The number of carbonyl (C=O) groups excluding carboxylic acids is 1. The highest BCUT2D eigenvalue weighted by Crippen LogP contribution is 2.14. The fraction of sp³-hybridized carbons (Fsp3) is 0.923. The Labute approximate surface area is 111 Å². The van der Waals surface area contributed by atoms with E-state index in [-0.39, 0.29) is 6.03 Å². The van der Waals surface area contributed by atoms with E-state index in [9.17, 15) is 4.79 Å². The smallest absolute Gasteiger partial charge is 0.319 e. The number of amides is 2. The third kappa shape index (κ3) is 3.59. The zero-order valence-corrected chi connectivity index (χ0v) is 12.3. The van der Waals surface area contributed by atoms with Crippen molar-refractivity contribution < 1.29 is 9.53 Å². The van der Waals surface area contributed by atoms with E-state index in [4.69, 9.17) is 4.74 Å². The van der Waals surface area contributed by atoms with Gasteiger partial charge in [-0.1, -0.05) is 0 Å². The minimum atomic E-state index is 0.127. The Bertz CT molecular complexity index is 271. The fourth-order valence-electron chi connectivity index (χ4n) is 2.44. The second-order valence-corrected chi connectivity index (χ2v) is 5.18. The van der Waals surface area contributed by atoms with Crippen molar-refractivity contribution >= 4 is 6.03 Å². The van der Waals surface area contributed by atoms with Crippen molar-refractivity contribution in [2.24, 2.45) is 0 Å². The van der Waals surface area contributed by atoms with Crippen LogP contribution in [0.4, 0.5) is 4.79 Å². The summed E-state index contributed by atoms with van der Waals surface area (Å²) in [5.74, 6) is 0. The molecule has 2 amide bonds. The van der Waals surface area contributed by atoms with Gasteiger partial charge in [0, 0.05) is 46.4 Å². The lowest BCUT2D eigenvalue weighted by Crippen LogP contribution is -2.59. The van der Waals surface area contributed by atoms with Gasteiger partial charge in [0.25, 0.3) is 0 Å². The molecule has 1 heterocycles. The standard InChI is InChI=1S/C13H27N3O2/c1-6-14(4)13(17)15-7-8-16(11(2)3)12(9-15)10-18-5/h11-12H,6-10H2,1-5H3. The quantitative estimate of drug-likeness (QED) is 0.756. The fourth-order valence-corrected chi connectivity index (χ4v) is 2.44. The lowest BCUT2D eigenvalue weighted by molar-refractivity contribution is 0.0159. The van der Waals surface area contributed by atoms with Crippen LogP contribution in [0.15, 0.2) is 0 Å². The number of hydrogen-bond acceptors (Lipinski definition) is 3. The number of nitrogens with zero attached hydrogens (tertiary/aromatic N) is 3. The van der Waals surface area contributed by atoms with E-state index in [1.807, 2.05) is 18.9 Å². The average Bonchev–Trinajstić information content (AvgIpc) is 2.37. The predicted molar refractivity (Wildman–Crippen MR) is 72.8 cm³/mol. The molecule has 1 fully saturated rings. The van der Waals surface area contributed by atoms with Gasteiger partial charge in [0.2, 0.25) is 0 Å². The van der Waals surface area contributed by atoms with Gasteiger partial charge in [0.1, 0.15) is 0 Å². The molecule has 0 aromatic heterocycles. The molecule has 0 N–H and O–H groups in total. The summed E-state index contributed by atoms with van der Waals surface area (Å²) in [5.41, 5.74) is 0. The molecule has 0 saturated carbocycles. The van der Waals surface area contributed by atoms with Gasteiger partial charge in [-0.2, -0.15) is 0 Å². The molecule has 1 saturated heterocycles. The number of piperazine rings is 1. The summed E-state index contributed by atoms with van der Waals surface area (Å²) in [6.07, 6.45) is 0. The van der Waals surface area contributed by atoms with Crippen LogP contribution in [0.25, 0.3) is 0 Å². The zero-order chi connectivity index (χ0) is 13.7. The topological polar surface area (TPSA) is 36.0 Å². The summed E-state index contributed by atoms with van der Waals surface area (Å²) in [4.78, 5) is 18.3. The van der Waals surface area contributed by atoms with Crippen LogP contribution in [0.1, 0.15) is 20.8 Å². The molecular formula is C13H27N3O2. The SMILES string of the molecule is CCN(C)C(=O)N1CCN(C(C)C)C(COC)C1. The van der Waals surface area contributed by atoms with Crippen molar-refractivity contribution in [2.75, 3.05) is 46.9 Å². The highest BCUT2D eigenvalue weighted by atomic mass is 16.5. The van der Waals surface area contributed by atoms with Gasteiger partial charge in [-0.3, -0.25) is 4.90 Å². The van der Waals surface area contributed by atoms with E-state index in [1.54, 1.807) is 12.0 Å². The van der Waals surface area contributed by atoms with Crippen LogP contribution in [-0.2, 0) is 4.74 Å². The first-order valence-electron chi connectivity index (χ1n) is 6.76. The number of ether oxygens (including phenoxy) is 1. The molecule has 1 aliphatic heterocycles. The molecule has 0 spiro atoms. The van der Waals surface area contributed by atoms with Crippen LogP contribution in [0.3, 0.4) is 0 Å². The maximum atomic E-state index is 12.1. The van der Waals surface area contributed by atoms with Crippen molar-refractivity contribution in [2.45, 2.75) is 32.9 Å². The second kappa shape index (κ2) is 6.95. The van der Waals surface area contributed by atoms with Gasteiger partial charge in [-0.05, 0) is 20.8 Å². The minimum absolute atomic E-state index is 0.127. The Kier molecular flexibility index (Phi) is 5.88. The lowest BCUT2D eigenvalue weighted by atomic mass is 10.1. The highest BCUT2D eigenvalue weighted by molar-refractivity contribution is 5.74. The molecule has 1 unspecified atom stereocenters. The molecule has 1 aliphatic rings. The van der Waals surface area contributed by atoms with Crippen molar-refractivity contribution in [1.82, 2.24) is 14.7 Å². The molecule has 0 bridgehead atoms. The molecule has 0 aromatic rings. The van der Waals surface area contributed by atoms with E-state index in [0.29, 0.717) is 18.7 Å². The summed E-state index contributed by atoms with van der Waals surface area (Å²) in [6.45, 7) is 10.3. The Morgan fingerprint density at radius 3 is 2.61 bits per heavy atom. The van der Waals surface area contributed by atoms with E-state index >= 15 is 0 Å². The number of carbonyl (C=O) groups is 1. The summed E-state index contributed by atoms with van der Waals surface area (Å²) in [7, 11) is 3.57. The van der Waals surface area contributed by atoms with Gasteiger partial charge < -0.3 is 14.5 Å². The van der Waals surface area contributed by atoms with Gasteiger partial charge in [0.15, 0.2) is 0 Å². The normalized spacial score (nSPS) is 21.4. The highest BCUT2D eigenvalue weighted by Gasteiger charge is 2.31. The molecule has 1 atom stereocenters. The molecule has 106 valence electrons. The first-order chi connectivity index (χ1) is 8.51. The van der Waals surface area contributed by atoms with Gasteiger partial charge in [-0.25, -0.2) is 4.79 Å². The Hall–Kier alpha value is -0.810. The number of rotatable bonds is 4. The molecule has 0 aliphatic carbocycles. The zero-order valence-electron chi connectivity index (χ0n) is 12.3. The van der Waals surface area contributed by atoms with Crippen LogP contribution >= 0.6 is 0 Å². The van der Waals surface area contributed by atoms with E-state index in [2.05, 4.69) is 18.7 Å². The third-order valence-corrected chi connectivity index (χ3v) is 3.62. The average molecular weight is 257 g/mol. The van der Waals surface area contributed by atoms with Crippen LogP contribution < -0.4 is 0 Å². The number of methoxy groups -OCH3 is 1. The molecule has 18 heavy (non-hydrogen) atoms. The first-order valence-corrected chi connectivity index (χ1v) is 6.76. The summed E-state index contributed by atoms with van der Waals surface area (Å²) >= 11 is 0. The Balaban J connectivity index is 2.65. The van der Waals surface area contributed by atoms with Crippen molar-refractivity contribution in [1.29, 1.82) is 0 Å². The van der Waals surface area contributed by atoms with Crippen LogP contribution in [0.5, 0.6) is 0 Å². The molecule has 5 heteroatoms. The molecule has 0 aromatic carbocycles. The van der Waals surface area contributed by atoms with Crippen molar-refractivity contribution in [3.05, 3.63) is 0 Å². The Morgan fingerprint density at radius 2 is 2.11 bits per heavy atom.